The Morgan fingerprint density at radius 2 is 1.82 bits per heavy atom. The predicted molar refractivity (Wildman–Crippen MR) is 110 cm³/mol. The van der Waals surface area contributed by atoms with Gasteiger partial charge in [0.15, 0.2) is 11.3 Å². The fourth-order valence-corrected chi connectivity index (χ4v) is 3.28. The van der Waals surface area contributed by atoms with Crippen molar-refractivity contribution in [1.29, 1.82) is 0 Å². The molecular weight excluding hydrogens is 348 g/mol. The Balaban J connectivity index is 1.56. The molecule has 0 bridgehead atoms. The summed E-state index contributed by atoms with van der Waals surface area (Å²) in [5.41, 5.74) is 3.98. The van der Waals surface area contributed by atoms with E-state index in [-0.39, 0.29) is 0 Å². The molecule has 0 unspecified atom stereocenters. The molecule has 5 heteroatoms. The van der Waals surface area contributed by atoms with Crippen molar-refractivity contribution in [3.8, 4) is 17.7 Å². The van der Waals surface area contributed by atoms with Crippen molar-refractivity contribution in [2.45, 2.75) is 26.2 Å². The van der Waals surface area contributed by atoms with E-state index in [1.54, 1.807) is 6.20 Å². The molecule has 0 spiro atoms. The molecule has 0 saturated carbocycles. The van der Waals surface area contributed by atoms with E-state index in [2.05, 4.69) is 38.6 Å². The van der Waals surface area contributed by atoms with Crippen LogP contribution in [0.2, 0.25) is 0 Å². The van der Waals surface area contributed by atoms with Crippen molar-refractivity contribution in [3.05, 3.63) is 59.4 Å². The Labute approximate surface area is 165 Å². The van der Waals surface area contributed by atoms with Gasteiger partial charge in [-0.15, -0.1) is 0 Å². The van der Waals surface area contributed by atoms with Crippen LogP contribution in [-0.4, -0.2) is 46.1 Å². The number of likely N-dealkylation sites (tertiary alicyclic amines) is 1. The number of nitrogens with zero attached hydrogens (tertiary/aromatic N) is 4. The van der Waals surface area contributed by atoms with E-state index >= 15 is 0 Å². The molecule has 142 valence electrons. The molecule has 1 saturated heterocycles. The first-order valence-corrected chi connectivity index (χ1v) is 9.84. The molecule has 0 N–H and O–H groups in total. The maximum atomic E-state index is 6.01. The minimum absolute atomic E-state index is 0.483. The summed E-state index contributed by atoms with van der Waals surface area (Å²) in [6, 6.07) is 11.9. The second kappa shape index (κ2) is 8.81. The Morgan fingerprint density at radius 1 is 1.00 bits per heavy atom. The molecule has 0 amide bonds. The lowest BCUT2D eigenvalue weighted by Crippen LogP contribution is -2.33. The normalized spacial score (nSPS) is 14.5. The van der Waals surface area contributed by atoms with E-state index in [1.165, 1.54) is 24.8 Å². The van der Waals surface area contributed by atoms with Crippen molar-refractivity contribution in [3.63, 3.8) is 0 Å². The van der Waals surface area contributed by atoms with E-state index in [0.29, 0.717) is 23.8 Å². The van der Waals surface area contributed by atoms with Gasteiger partial charge in [0.25, 0.3) is 0 Å². The molecule has 3 aromatic rings. The predicted octanol–water partition coefficient (Wildman–Crippen LogP) is 3.60. The number of hydrogen-bond donors (Lipinski definition) is 0. The van der Waals surface area contributed by atoms with E-state index in [1.807, 2.05) is 36.4 Å². The second-order valence-electron chi connectivity index (χ2n) is 7.09. The third-order valence-electron chi connectivity index (χ3n) is 4.88. The van der Waals surface area contributed by atoms with Crippen molar-refractivity contribution < 1.29 is 4.74 Å². The monoisotopic (exact) mass is 372 g/mol. The number of rotatable bonds is 4. The lowest BCUT2D eigenvalue weighted by Gasteiger charge is -2.26. The molecule has 5 nitrogen and oxygen atoms in total. The largest absolute Gasteiger partial charge is 0.474 e. The van der Waals surface area contributed by atoms with Crippen molar-refractivity contribution in [2.75, 3.05) is 26.2 Å². The molecule has 2 aromatic heterocycles. The quantitative estimate of drug-likeness (QED) is 0.655. The SMILES string of the molecule is Cc1ccc(C#Cc2nc3ncccc3nc2OCCN2CCCCC2)cc1. The first-order valence-electron chi connectivity index (χ1n) is 9.84. The van der Waals surface area contributed by atoms with Crippen molar-refractivity contribution >= 4 is 11.2 Å². The van der Waals surface area contributed by atoms with Gasteiger partial charge in [-0.3, -0.25) is 4.90 Å². The Kier molecular flexibility index (Phi) is 5.79. The summed E-state index contributed by atoms with van der Waals surface area (Å²) >= 11 is 0. The van der Waals surface area contributed by atoms with Crippen LogP contribution in [0.5, 0.6) is 5.88 Å². The summed E-state index contributed by atoms with van der Waals surface area (Å²) in [4.78, 5) is 15.9. The second-order valence-corrected chi connectivity index (χ2v) is 7.09. The fraction of sp³-hybridized carbons (Fsp3) is 0.348. The zero-order valence-electron chi connectivity index (χ0n) is 16.2. The molecular formula is C23H24N4O. The molecule has 1 aromatic carbocycles. The molecule has 28 heavy (non-hydrogen) atoms. The van der Waals surface area contributed by atoms with Gasteiger partial charge in [0, 0.05) is 18.3 Å². The third kappa shape index (κ3) is 4.65. The first kappa shape index (κ1) is 18.4. The van der Waals surface area contributed by atoms with Crippen molar-refractivity contribution in [2.24, 2.45) is 0 Å². The number of ether oxygens (including phenoxy) is 1. The molecule has 1 fully saturated rings. The topological polar surface area (TPSA) is 51.1 Å². The van der Waals surface area contributed by atoms with Gasteiger partial charge >= 0.3 is 0 Å². The highest BCUT2D eigenvalue weighted by Gasteiger charge is 2.12. The summed E-state index contributed by atoms with van der Waals surface area (Å²) in [6.45, 7) is 5.84. The Bertz CT molecular complexity index is 999. The summed E-state index contributed by atoms with van der Waals surface area (Å²) in [5, 5.41) is 0. The molecule has 0 radical (unpaired) electrons. The third-order valence-corrected chi connectivity index (χ3v) is 4.88. The van der Waals surface area contributed by atoms with E-state index in [9.17, 15) is 0 Å². The number of pyridine rings is 1. The summed E-state index contributed by atoms with van der Waals surface area (Å²) < 4.78 is 6.01. The minimum atomic E-state index is 0.483. The molecule has 0 atom stereocenters. The van der Waals surface area contributed by atoms with Gasteiger partial charge in [0.2, 0.25) is 5.88 Å². The van der Waals surface area contributed by atoms with Crippen LogP contribution in [0.1, 0.15) is 36.1 Å². The maximum absolute atomic E-state index is 6.01. The van der Waals surface area contributed by atoms with Gasteiger partial charge in [-0.2, -0.15) is 0 Å². The van der Waals surface area contributed by atoms with Crippen LogP contribution >= 0.6 is 0 Å². The van der Waals surface area contributed by atoms with Crippen LogP contribution in [0.25, 0.3) is 11.2 Å². The molecule has 1 aliphatic heterocycles. The number of fused-ring (bicyclic) bond motifs is 1. The van der Waals surface area contributed by atoms with Gasteiger partial charge in [-0.25, -0.2) is 15.0 Å². The lowest BCUT2D eigenvalue weighted by molar-refractivity contribution is 0.180. The van der Waals surface area contributed by atoms with Crippen LogP contribution in [0.15, 0.2) is 42.6 Å². The number of benzene rings is 1. The van der Waals surface area contributed by atoms with E-state index < -0.39 is 0 Å². The number of aryl methyl sites for hydroxylation is 1. The van der Waals surface area contributed by atoms with E-state index in [0.717, 1.165) is 30.7 Å². The zero-order valence-corrected chi connectivity index (χ0v) is 16.2. The first-order chi connectivity index (χ1) is 13.8. The highest BCUT2D eigenvalue weighted by atomic mass is 16.5. The average Bonchev–Trinajstić information content (AvgIpc) is 2.74. The lowest BCUT2D eigenvalue weighted by atomic mass is 10.1. The van der Waals surface area contributed by atoms with Crippen LogP contribution in [0.4, 0.5) is 0 Å². The fourth-order valence-electron chi connectivity index (χ4n) is 3.28. The van der Waals surface area contributed by atoms with Gasteiger partial charge in [-0.1, -0.05) is 30.0 Å². The Hall–Kier alpha value is -2.97. The van der Waals surface area contributed by atoms with Crippen LogP contribution < -0.4 is 4.74 Å². The van der Waals surface area contributed by atoms with Gasteiger partial charge < -0.3 is 4.74 Å². The van der Waals surface area contributed by atoms with Crippen LogP contribution in [0.3, 0.4) is 0 Å². The van der Waals surface area contributed by atoms with Crippen LogP contribution in [0, 0.1) is 18.8 Å². The molecule has 3 heterocycles. The standard InChI is InChI=1S/C23H24N4O/c1-18-7-9-19(10-8-18)11-12-21-23(26-20-6-5-13-24-22(20)25-21)28-17-16-27-14-3-2-4-15-27/h5-10,13H,2-4,14-17H2,1H3. The molecule has 1 aliphatic rings. The van der Waals surface area contributed by atoms with Crippen molar-refractivity contribution in [1.82, 2.24) is 19.9 Å². The number of aromatic nitrogens is 3. The zero-order chi connectivity index (χ0) is 19.2. The molecule has 4 rings (SSSR count). The average molecular weight is 372 g/mol. The van der Waals surface area contributed by atoms with Gasteiger partial charge in [0.05, 0.1) is 0 Å². The summed E-state index contributed by atoms with van der Waals surface area (Å²) in [5.74, 6) is 6.77. The maximum Gasteiger partial charge on any atom is 0.249 e. The van der Waals surface area contributed by atoms with E-state index in [4.69, 9.17) is 4.74 Å². The molecule has 0 aliphatic carbocycles. The smallest absolute Gasteiger partial charge is 0.249 e. The Morgan fingerprint density at radius 3 is 2.64 bits per heavy atom. The minimum Gasteiger partial charge on any atom is -0.474 e. The van der Waals surface area contributed by atoms with Gasteiger partial charge in [0.1, 0.15) is 12.1 Å². The highest BCUT2D eigenvalue weighted by Crippen LogP contribution is 2.17. The highest BCUT2D eigenvalue weighted by molar-refractivity contribution is 5.71. The summed E-state index contributed by atoms with van der Waals surface area (Å²) in [6.07, 6.45) is 5.59. The number of piperidine rings is 1. The number of hydrogen-bond acceptors (Lipinski definition) is 5. The van der Waals surface area contributed by atoms with Crippen LogP contribution in [-0.2, 0) is 0 Å². The summed E-state index contributed by atoms with van der Waals surface area (Å²) in [7, 11) is 0. The van der Waals surface area contributed by atoms with Gasteiger partial charge in [-0.05, 0) is 63.0 Å².